The Morgan fingerprint density at radius 3 is 2.79 bits per heavy atom. The first-order valence-corrected chi connectivity index (χ1v) is 6.30. The highest BCUT2D eigenvalue weighted by Gasteiger charge is 2.01. The molecule has 1 aromatic carbocycles. The number of hydrogen-bond donors (Lipinski definition) is 2. The molecule has 0 saturated heterocycles. The van der Waals surface area contributed by atoms with E-state index in [0.29, 0.717) is 5.96 Å². The molecule has 0 aliphatic carbocycles. The van der Waals surface area contributed by atoms with Crippen molar-refractivity contribution < 1.29 is 0 Å². The first kappa shape index (κ1) is 13.1. The number of nitrogens with one attached hydrogen (secondary N) is 1. The topological polar surface area (TPSA) is 68.2 Å². The van der Waals surface area contributed by atoms with E-state index in [4.69, 9.17) is 5.73 Å². The van der Waals surface area contributed by atoms with Crippen molar-refractivity contribution in [3.8, 4) is 0 Å². The van der Waals surface area contributed by atoms with E-state index in [1.807, 2.05) is 42.9 Å². The van der Waals surface area contributed by atoms with Gasteiger partial charge in [-0.2, -0.15) is 5.10 Å². The molecule has 1 heterocycles. The van der Waals surface area contributed by atoms with Crippen molar-refractivity contribution in [1.82, 2.24) is 9.78 Å². The Kier molecular flexibility index (Phi) is 4.18. The van der Waals surface area contributed by atoms with E-state index < -0.39 is 0 Å². The lowest BCUT2D eigenvalue weighted by Gasteiger charge is -2.04. The molecule has 0 unspecified atom stereocenters. The van der Waals surface area contributed by atoms with Crippen LogP contribution in [0.5, 0.6) is 0 Å². The molecule has 0 bridgehead atoms. The average molecular weight is 257 g/mol. The van der Waals surface area contributed by atoms with Gasteiger partial charge in [-0.15, -0.1) is 0 Å². The molecular weight excluding hydrogens is 238 g/mol. The highest BCUT2D eigenvalue weighted by Crippen LogP contribution is 2.07. The standard InChI is InChI=1S/C14H19N5/c1-11(2)17-14(15)18-13-8-16-19(10-13)9-12-6-4-3-5-7-12/h3-8,10-11H,9H2,1-2H3,(H3,15,17,18). The Bertz CT molecular complexity index is 542. The van der Waals surface area contributed by atoms with Crippen LogP contribution in [0, 0.1) is 0 Å². The minimum Gasteiger partial charge on any atom is -0.370 e. The summed E-state index contributed by atoms with van der Waals surface area (Å²) in [5.74, 6) is 0.411. The lowest BCUT2D eigenvalue weighted by Crippen LogP contribution is -2.23. The summed E-state index contributed by atoms with van der Waals surface area (Å²) >= 11 is 0. The number of hydrogen-bond acceptors (Lipinski definition) is 2. The molecule has 2 aromatic rings. The predicted molar refractivity (Wildman–Crippen MR) is 78.2 cm³/mol. The van der Waals surface area contributed by atoms with E-state index in [9.17, 15) is 0 Å². The van der Waals surface area contributed by atoms with Gasteiger partial charge in [-0.1, -0.05) is 30.3 Å². The Morgan fingerprint density at radius 2 is 2.11 bits per heavy atom. The summed E-state index contributed by atoms with van der Waals surface area (Å²) in [5, 5.41) is 7.31. The molecular formula is C14H19N5. The van der Waals surface area contributed by atoms with Crippen molar-refractivity contribution in [2.24, 2.45) is 10.7 Å². The molecule has 1 aromatic heterocycles. The second-order valence-corrected chi connectivity index (χ2v) is 4.65. The minimum absolute atomic E-state index is 0.173. The van der Waals surface area contributed by atoms with Gasteiger partial charge in [0.15, 0.2) is 5.96 Å². The summed E-state index contributed by atoms with van der Waals surface area (Å²) in [5.41, 5.74) is 7.82. The number of rotatable bonds is 4. The summed E-state index contributed by atoms with van der Waals surface area (Å²) in [6, 6.07) is 10.4. The van der Waals surface area contributed by atoms with Gasteiger partial charge in [-0.25, -0.2) is 0 Å². The van der Waals surface area contributed by atoms with Crippen molar-refractivity contribution in [1.29, 1.82) is 0 Å². The zero-order valence-corrected chi connectivity index (χ0v) is 11.2. The molecule has 19 heavy (non-hydrogen) atoms. The Morgan fingerprint density at radius 1 is 1.37 bits per heavy atom. The summed E-state index contributed by atoms with van der Waals surface area (Å²) < 4.78 is 1.86. The fraction of sp³-hybridized carbons (Fsp3) is 0.286. The summed E-state index contributed by atoms with van der Waals surface area (Å²) in [6.07, 6.45) is 3.65. The molecule has 0 atom stereocenters. The van der Waals surface area contributed by atoms with Crippen molar-refractivity contribution in [2.75, 3.05) is 5.32 Å². The zero-order valence-electron chi connectivity index (χ0n) is 11.2. The van der Waals surface area contributed by atoms with Crippen LogP contribution in [0.2, 0.25) is 0 Å². The van der Waals surface area contributed by atoms with E-state index in [0.717, 1.165) is 12.2 Å². The van der Waals surface area contributed by atoms with Gasteiger partial charge in [-0.05, 0) is 19.4 Å². The maximum absolute atomic E-state index is 5.77. The fourth-order valence-electron chi connectivity index (χ4n) is 1.74. The SMILES string of the molecule is CC(C)N=C(N)Nc1cnn(Cc2ccccc2)c1. The van der Waals surface area contributed by atoms with Gasteiger partial charge < -0.3 is 11.1 Å². The largest absolute Gasteiger partial charge is 0.370 e. The number of aromatic nitrogens is 2. The smallest absolute Gasteiger partial charge is 0.193 e. The van der Waals surface area contributed by atoms with Gasteiger partial charge >= 0.3 is 0 Å². The third-order valence-electron chi connectivity index (χ3n) is 2.49. The number of nitrogens with two attached hydrogens (primary N) is 1. The van der Waals surface area contributed by atoms with Crippen LogP contribution in [0.4, 0.5) is 5.69 Å². The quantitative estimate of drug-likeness (QED) is 0.650. The maximum atomic E-state index is 5.77. The van der Waals surface area contributed by atoms with Gasteiger partial charge in [0.2, 0.25) is 0 Å². The maximum Gasteiger partial charge on any atom is 0.193 e. The van der Waals surface area contributed by atoms with Crippen LogP contribution in [-0.2, 0) is 6.54 Å². The van der Waals surface area contributed by atoms with Crippen LogP contribution < -0.4 is 11.1 Å². The second-order valence-electron chi connectivity index (χ2n) is 4.65. The summed E-state index contributed by atoms with van der Waals surface area (Å²) in [6.45, 7) is 4.70. The summed E-state index contributed by atoms with van der Waals surface area (Å²) in [7, 11) is 0. The minimum atomic E-state index is 0.173. The molecule has 0 radical (unpaired) electrons. The predicted octanol–water partition coefficient (Wildman–Crippen LogP) is 2.07. The van der Waals surface area contributed by atoms with Crippen molar-refractivity contribution in [3.63, 3.8) is 0 Å². The third kappa shape index (κ3) is 4.13. The molecule has 0 fully saturated rings. The normalized spacial score (nSPS) is 11.8. The highest BCUT2D eigenvalue weighted by molar-refractivity contribution is 5.92. The first-order valence-electron chi connectivity index (χ1n) is 6.30. The Balaban J connectivity index is 2.00. The van der Waals surface area contributed by atoms with Crippen LogP contribution in [0.1, 0.15) is 19.4 Å². The van der Waals surface area contributed by atoms with Crippen molar-refractivity contribution >= 4 is 11.6 Å². The van der Waals surface area contributed by atoms with E-state index >= 15 is 0 Å². The lowest BCUT2D eigenvalue weighted by atomic mass is 10.2. The van der Waals surface area contributed by atoms with Gasteiger partial charge in [0, 0.05) is 12.2 Å². The number of aliphatic imine (C=N–C) groups is 1. The molecule has 5 nitrogen and oxygen atoms in total. The molecule has 5 heteroatoms. The number of benzene rings is 1. The number of nitrogens with zero attached hydrogens (tertiary/aromatic N) is 3. The first-order chi connectivity index (χ1) is 9.13. The van der Waals surface area contributed by atoms with Gasteiger partial charge in [0.1, 0.15) is 0 Å². The molecule has 0 spiro atoms. The number of guanidine groups is 1. The molecule has 0 aliphatic heterocycles. The number of anilines is 1. The van der Waals surface area contributed by atoms with Gasteiger partial charge in [0.25, 0.3) is 0 Å². The second kappa shape index (κ2) is 6.04. The monoisotopic (exact) mass is 257 g/mol. The highest BCUT2D eigenvalue weighted by atomic mass is 15.3. The molecule has 0 aliphatic rings. The zero-order chi connectivity index (χ0) is 13.7. The average Bonchev–Trinajstić information content (AvgIpc) is 2.76. The molecule has 3 N–H and O–H groups in total. The van der Waals surface area contributed by atoms with Gasteiger partial charge in [0.05, 0.1) is 18.4 Å². The van der Waals surface area contributed by atoms with Crippen LogP contribution in [-0.4, -0.2) is 21.8 Å². The molecule has 0 saturated carbocycles. The van der Waals surface area contributed by atoms with Crippen molar-refractivity contribution in [2.45, 2.75) is 26.4 Å². The molecule has 0 amide bonds. The van der Waals surface area contributed by atoms with E-state index in [2.05, 4.69) is 27.5 Å². The fourth-order valence-corrected chi connectivity index (χ4v) is 1.74. The third-order valence-corrected chi connectivity index (χ3v) is 2.49. The Labute approximate surface area is 113 Å². The van der Waals surface area contributed by atoms with Crippen LogP contribution in [0.25, 0.3) is 0 Å². The van der Waals surface area contributed by atoms with E-state index in [1.165, 1.54) is 5.56 Å². The van der Waals surface area contributed by atoms with E-state index in [-0.39, 0.29) is 6.04 Å². The molecule has 100 valence electrons. The van der Waals surface area contributed by atoms with Crippen LogP contribution in [0.3, 0.4) is 0 Å². The van der Waals surface area contributed by atoms with Gasteiger partial charge in [-0.3, -0.25) is 9.67 Å². The van der Waals surface area contributed by atoms with Crippen LogP contribution >= 0.6 is 0 Å². The van der Waals surface area contributed by atoms with E-state index in [1.54, 1.807) is 6.20 Å². The molecule has 2 rings (SSSR count). The Hall–Kier alpha value is -2.30. The lowest BCUT2D eigenvalue weighted by molar-refractivity contribution is 0.687. The summed E-state index contributed by atoms with van der Waals surface area (Å²) in [4.78, 5) is 4.21. The van der Waals surface area contributed by atoms with Crippen molar-refractivity contribution in [3.05, 3.63) is 48.3 Å². The van der Waals surface area contributed by atoms with Crippen LogP contribution in [0.15, 0.2) is 47.7 Å².